The number of imide groups is 1. The number of halogens is 3. The number of carbonyl (C=O) groups excluding carboxylic acids is 3. The van der Waals surface area contributed by atoms with Gasteiger partial charge in [-0.15, -0.1) is 0 Å². The summed E-state index contributed by atoms with van der Waals surface area (Å²) in [4.78, 5) is 42.8. The number of pyridine rings is 1. The van der Waals surface area contributed by atoms with E-state index in [1.807, 2.05) is 0 Å². The molecule has 1 aliphatic heterocycles. The molecule has 3 amide bonds. The summed E-state index contributed by atoms with van der Waals surface area (Å²) in [5.41, 5.74) is -0.676. The molecule has 1 fully saturated rings. The van der Waals surface area contributed by atoms with E-state index in [-0.39, 0.29) is 17.0 Å². The SMILES string of the molecule is Cc1cc(C(=O)CN2C(=O)NC(C)(c3ccccn3)C2=O)c(C)n1CC(F)(F)F. The van der Waals surface area contributed by atoms with E-state index in [1.165, 1.54) is 33.0 Å². The second kappa shape index (κ2) is 7.02. The highest BCUT2D eigenvalue weighted by Crippen LogP contribution is 2.28. The monoisotopic (exact) mass is 408 g/mol. The van der Waals surface area contributed by atoms with Gasteiger partial charge in [0.25, 0.3) is 5.91 Å². The lowest BCUT2D eigenvalue weighted by Crippen LogP contribution is -2.42. The molecule has 0 spiro atoms. The highest BCUT2D eigenvalue weighted by Gasteiger charge is 2.50. The smallest absolute Gasteiger partial charge is 0.339 e. The van der Waals surface area contributed by atoms with Gasteiger partial charge in [-0.25, -0.2) is 4.79 Å². The number of alkyl halides is 3. The van der Waals surface area contributed by atoms with Gasteiger partial charge in [-0.3, -0.25) is 19.5 Å². The minimum Gasteiger partial charge on any atom is -0.339 e. The average molecular weight is 408 g/mol. The highest BCUT2D eigenvalue weighted by molar-refractivity contribution is 6.11. The van der Waals surface area contributed by atoms with E-state index in [4.69, 9.17) is 0 Å². The predicted octanol–water partition coefficient (Wildman–Crippen LogP) is 2.71. The number of Topliss-reactive ketones (excluding diaryl/α,β-unsaturated/α-hetero) is 1. The molecule has 3 rings (SSSR count). The van der Waals surface area contributed by atoms with Gasteiger partial charge in [-0.05, 0) is 39.0 Å². The largest absolute Gasteiger partial charge is 0.406 e. The van der Waals surface area contributed by atoms with Crippen LogP contribution in [0.2, 0.25) is 0 Å². The van der Waals surface area contributed by atoms with Gasteiger partial charge in [0.05, 0.1) is 12.2 Å². The van der Waals surface area contributed by atoms with Crippen molar-refractivity contribution in [3.05, 3.63) is 53.1 Å². The van der Waals surface area contributed by atoms with Crippen LogP contribution in [0.25, 0.3) is 0 Å². The number of nitrogens with one attached hydrogen (secondary N) is 1. The molecule has 0 saturated carbocycles. The number of hydrogen-bond donors (Lipinski definition) is 1. The van der Waals surface area contributed by atoms with Gasteiger partial charge in [0.15, 0.2) is 11.3 Å². The van der Waals surface area contributed by atoms with E-state index in [0.29, 0.717) is 5.69 Å². The van der Waals surface area contributed by atoms with Crippen LogP contribution in [-0.2, 0) is 16.9 Å². The highest BCUT2D eigenvalue weighted by atomic mass is 19.4. The Kier molecular flexibility index (Phi) is 4.97. The molecule has 0 bridgehead atoms. The number of rotatable bonds is 5. The van der Waals surface area contributed by atoms with E-state index >= 15 is 0 Å². The molecule has 154 valence electrons. The van der Waals surface area contributed by atoms with Crippen molar-refractivity contribution < 1.29 is 27.6 Å². The third-order valence-corrected chi connectivity index (χ3v) is 4.97. The number of urea groups is 1. The van der Waals surface area contributed by atoms with Crippen LogP contribution in [0.1, 0.15) is 34.4 Å². The molecule has 2 aromatic heterocycles. The molecule has 2 aromatic rings. The summed E-state index contributed by atoms with van der Waals surface area (Å²) >= 11 is 0. The van der Waals surface area contributed by atoms with Gasteiger partial charge < -0.3 is 9.88 Å². The van der Waals surface area contributed by atoms with Crippen molar-refractivity contribution in [2.75, 3.05) is 6.54 Å². The molecule has 3 heterocycles. The molecule has 1 unspecified atom stereocenters. The second-order valence-corrected chi connectivity index (χ2v) is 7.07. The molecule has 1 saturated heterocycles. The zero-order valence-electron chi connectivity index (χ0n) is 16.0. The van der Waals surface area contributed by atoms with Crippen LogP contribution in [0.5, 0.6) is 0 Å². The average Bonchev–Trinajstić information content (AvgIpc) is 3.04. The fourth-order valence-electron chi connectivity index (χ4n) is 3.41. The summed E-state index contributed by atoms with van der Waals surface area (Å²) in [5, 5.41) is 2.53. The predicted molar refractivity (Wildman–Crippen MR) is 96.1 cm³/mol. The lowest BCUT2D eigenvalue weighted by atomic mass is 9.97. The second-order valence-electron chi connectivity index (χ2n) is 7.07. The third-order valence-electron chi connectivity index (χ3n) is 4.97. The summed E-state index contributed by atoms with van der Waals surface area (Å²) in [6.07, 6.45) is -2.96. The minimum atomic E-state index is -4.44. The fraction of sp³-hybridized carbons (Fsp3) is 0.368. The summed E-state index contributed by atoms with van der Waals surface area (Å²) in [6.45, 7) is 2.54. The molecule has 10 heteroatoms. The number of aromatic nitrogens is 2. The van der Waals surface area contributed by atoms with Crippen LogP contribution in [-0.4, -0.2) is 44.9 Å². The van der Waals surface area contributed by atoms with Gasteiger partial charge in [0.1, 0.15) is 6.54 Å². The Bertz CT molecular complexity index is 985. The van der Waals surface area contributed by atoms with Crippen molar-refractivity contribution in [1.82, 2.24) is 19.8 Å². The topological polar surface area (TPSA) is 84.3 Å². The number of hydrogen-bond acceptors (Lipinski definition) is 4. The zero-order valence-corrected chi connectivity index (χ0v) is 16.0. The van der Waals surface area contributed by atoms with E-state index in [1.54, 1.807) is 18.2 Å². The Labute approximate surface area is 164 Å². The molecule has 1 N–H and O–H groups in total. The van der Waals surface area contributed by atoms with Crippen LogP contribution >= 0.6 is 0 Å². The van der Waals surface area contributed by atoms with E-state index in [0.717, 1.165) is 9.47 Å². The van der Waals surface area contributed by atoms with Gasteiger partial charge >= 0.3 is 12.2 Å². The van der Waals surface area contributed by atoms with E-state index in [9.17, 15) is 27.6 Å². The van der Waals surface area contributed by atoms with Crippen LogP contribution in [0, 0.1) is 13.8 Å². The minimum absolute atomic E-state index is 0.0405. The van der Waals surface area contributed by atoms with E-state index < -0.39 is 42.5 Å². The summed E-state index contributed by atoms with van der Waals surface area (Å²) in [6, 6.07) is 5.47. The van der Waals surface area contributed by atoms with Crippen LogP contribution in [0.4, 0.5) is 18.0 Å². The Hall–Kier alpha value is -3.17. The maximum absolute atomic E-state index is 12.8. The third kappa shape index (κ3) is 3.74. The first-order valence-corrected chi connectivity index (χ1v) is 8.76. The zero-order chi connectivity index (χ0) is 21.6. The lowest BCUT2D eigenvalue weighted by molar-refractivity contribution is -0.141. The molecule has 0 aliphatic carbocycles. The standard InChI is InChI=1S/C19H19F3N4O3/c1-11-8-13(12(2)26(11)10-19(20,21)22)14(27)9-25-16(28)18(3,24-17(25)29)15-6-4-5-7-23-15/h4-8H,9-10H2,1-3H3,(H,24,29). The maximum Gasteiger partial charge on any atom is 0.406 e. The van der Waals surface area contributed by atoms with Crippen LogP contribution in [0.3, 0.4) is 0 Å². The quantitative estimate of drug-likeness (QED) is 0.609. The molecule has 7 nitrogen and oxygen atoms in total. The summed E-state index contributed by atoms with van der Waals surface area (Å²) in [5.74, 6) is -1.28. The summed E-state index contributed by atoms with van der Waals surface area (Å²) in [7, 11) is 0. The normalized spacial score (nSPS) is 19.6. The first-order valence-electron chi connectivity index (χ1n) is 8.76. The molecule has 1 atom stereocenters. The molecular formula is C19H19F3N4O3. The van der Waals surface area contributed by atoms with Crippen molar-refractivity contribution in [2.24, 2.45) is 0 Å². The Morgan fingerprint density at radius 1 is 1.24 bits per heavy atom. The van der Waals surface area contributed by atoms with Gasteiger partial charge in [-0.1, -0.05) is 6.07 Å². The van der Waals surface area contributed by atoms with Crippen molar-refractivity contribution in [3.63, 3.8) is 0 Å². The number of nitrogens with zero attached hydrogens (tertiary/aromatic N) is 3. The molecule has 29 heavy (non-hydrogen) atoms. The van der Waals surface area contributed by atoms with E-state index in [2.05, 4.69) is 10.3 Å². The Balaban J connectivity index is 1.84. The Morgan fingerprint density at radius 3 is 2.52 bits per heavy atom. The number of aryl methyl sites for hydroxylation is 1. The van der Waals surface area contributed by atoms with Gasteiger partial charge in [-0.2, -0.15) is 13.2 Å². The number of ketones is 1. The lowest BCUT2D eigenvalue weighted by Gasteiger charge is -2.20. The molecule has 0 aromatic carbocycles. The van der Waals surface area contributed by atoms with Crippen molar-refractivity contribution >= 4 is 17.7 Å². The fourth-order valence-corrected chi connectivity index (χ4v) is 3.41. The van der Waals surface area contributed by atoms with Crippen LogP contribution in [0.15, 0.2) is 30.5 Å². The van der Waals surface area contributed by atoms with Gasteiger partial charge in [0, 0.05) is 23.1 Å². The Morgan fingerprint density at radius 2 is 1.93 bits per heavy atom. The number of carbonyl (C=O) groups is 3. The van der Waals surface area contributed by atoms with Crippen LogP contribution < -0.4 is 5.32 Å². The molecule has 0 radical (unpaired) electrons. The first-order chi connectivity index (χ1) is 13.4. The van der Waals surface area contributed by atoms with Crippen molar-refractivity contribution in [2.45, 2.75) is 39.0 Å². The summed E-state index contributed by atoms with van der Waals surface area (Å²) < 4.78 is 39.3. The van der Waals surface area contributed by atoms with Crippen molar-refractivity contribution in [1.29, 1.82) is 0 Å². The van der Waals surface area contributed by atoms with Crippen molar-refractivity contribution in [3.8, 4) is 0 Å². The first kappa shape index (κ1) is 20.6. The molecule has 1 aliphatic rings. The number of amides is 3. The molecular weight excluding hydrogens is 389 g/mol. The van der Waals surface area contributed by atoms with Gasteiger partial charge in [0.2, 0.25) is 0 Å². The maximum atomic E-state index is 12.8.